The number of carbonyl (C=O) groups is 1. The zero-order chi connectivity index (χ0) is 24.1. The summed E-state index contributed by atoms with van der Waals surface area (Å²) in [5.74, 6) is 1.35. The molecule has 3 N–H and O–H groups in total. The summed E-state index contributed by atoms with van der Waals surface area (Å²) in [5, 5.41) is 21.2. The van der Waals surface area contributed by atoms with Crippen molar-refractivity contribution in [3.05, 3.63) is 70.7 Å². The van der Waals surface area contributed by atoms with Crippen LogP contribution in [0.3, 0.4) is 0 Å². The van der Waals surface area contributed by atoms with Crippen LogP contribution in [-0.2, 0) is 17.8 Å². The zero-order valence-electron chi connectivity index (χ0n) is 20.1. The van der Waals surface area contributed by atoms with Gasteiger partial charge in [0.05, 0.1) is 12.3 Å². The van der Waals surface area contributed by atoms with E-state index in [2.05, 4.69) is 39.5 Å². The van der Waals surface area contributed by atoms with Gasteiger partial charge in [0.15, 0.2) is 0 Å². The monoisotopic (exact) mass is 463 g/mol. The number of hydrogen-bond acceptors (Lipinski definition) is 6. The van der Waals surface area contributed by atoms with Gasteiger partial charge in [-0.2, -0.15) is 5.10 Å². The molecule has 0 saturated carbocycles. The SMILES string of the molecule is CCOc1ccc(CNC(=O)C2(O)CCN(c3cc(C)cc(Cc4cc(C)[nH]n4)n3)CC2)cc1. The third kappa shape index (κ3) is 5.75. The molecule has 180 valence electrons. The predicted molar refractivity (Wildman–Crippen MR) is 131 cm³/mol. The molecule has 3 heterocycles. The number of aromatic amines is 1. The highest BCUT2D eigenvalue weighted by molar-refractivity contribution is 5.85. The summed E-state index contributed by atoms with van der Waals surface area (Å²) in [6.07, 6.45) is 1.36. The molecule has 1 saturated heterocycles. The van der Waals surface area contributed by atoms with Crippen molar-refractivity contribution in [1.82, 2.24) is 20.5 Å². The summed E-state index contributed by atoms with van der Waals surface area (Å²) in [7, 11) is 0. The minimum absolute atomic E-state index is 0.326. The average molecular weight is 464 g/mol. The van der Waals surface area contributed by atoms with Gasteiger partial charge in [-0.1, -0.05) is 12.1 Å². The maximum absolute atomic E-state index is 12.8. The Labute approximate surface area is 200 Å². The van der Waals surface area contributed by atoms with Gasteiger partial charge in [-0.3, -0.25) is 9.89 Å². The van der Waals surface area contributed by atoms with Crippen LogP contribution in [0.5, 0.6) is 5.75 Å². The first-order chi connectivity index (χ1) is 16.3. The fourth-order valence-corrected chi connectivity index (χ4v) is 4.27. The Hall–Kier alpha value is -3.39. The van der Waals surface area contributed by atoms with Crippen LogP contribution in [0, 0.1) is 13.8 Å². The van der Waals surface area contributed by atoms with Crippen LogP contribution in [0.15, 0.2) is 42.5 Å². The van der Waals surface area contributed by atoms with E-state index in [1.165, 1.54) is 0 Å². The number of carbonyl (C=O) groups excluding carboxylic acids is 1. The fourth-order valence-electron chi connectivity index (χ4n) is 4.27. The topological polar surface area (TPSA) is 103 Å². The number of nitrogens with one attached hydrogen (secondary N) is 2. The van der Waals surface area contributed by atoms with E-state index in [0.717, 1.165) is 39.8 Å². The highest BCUT2D eigenvalue weighted by Crippen LogP contribution is 2.27. The van der Waals surface area contributed by atoms with Crippen LogP contribution in [-0.4, -0.2) is 51.5 Å². The molecule has 8 heteroatoms. The second-order valence-electron chi connectivity index (χ2n) is 8.99. The molecule has 4 rings (SSSR count). The van der Waals surface area contributed by atoms with E-state index in [9.17, 15) is 9.90 Å². The van der Waals surface area contributed by atoms with E-state index >= 15 is 0 Å². The number of piperidine rings is 1. The molecule has 3 aromatic rings. The molecule has 2 aromatic heterocycles. The van der Waals surface area contributed by atoms with Crippen molar-refractivity contribution in [3.8, 4) is 5.75 Å². The van der Waals surface area contributed by atoms with Crippen LogP contribution in [0.1, 0.15) is 48.0 Å². The number of aliphatic hydroxyl groups is 1. The van der Waals surface area contributed by atoms with Crippen molar-refractivity contribution in [3.63, 3.8) is 0 Å². The standard InChI is InChI=1S/C26H33N5O3/c1-4-34-23-7-5-20(6-8-23)17-27-25(32)26(33)9-11-31(12-10-26)24-14-18(2)13-21(28-24)16-22-15-19(3)29-30-22/h5-8,13-15,33H,4,9-12,16-17H2,1-3H3,(H,27,32)(H,29,30). The molecule has 1 aromatic carbocycles. The Morgan fingerprint density at radius 3 is 2.53 bits per heavy atom. The maximum atomic E-state index is 12.8. The number of aromatic nitrogens is 3. The average Bonchev–Trinajstić information content (AvgIpc) is 3.23. The van der Waals surface area contributed by atoms with E-state index in [1.54, 1.807) is 0 Å². The largest absolute Gasteiger partial charge is 0.494 e. The summed E-state index contributed by atoms with van der Waals surface area (Å²) in [6, 6.07) is 13.8. The Balaban J connectivity index is 1.34. The van der Waals surface area contributed by atoms with E-state index in [4.69, 9.17) is 9.72 Å². The van der Waals surface area contributed by atoms with Crippen molar-refractivity contribution in [2.75, 3.05) is 24.6 Å². The number of anilines is 1. The second kappa shape index (κ2) is 10.3. The molecule has 0 spiro atoms. The lowest BCUT2D eigenvalue weighted by atomic mass is 9.90. The van der Waals surface area contributed by atoms with E-state index in [1.807, 2.05) is 44.2 Å². The first-order valence-electron chi connectivity index (χ1n) is 11.8. The minimum Gasteiger partial charge on any atom is -0.494 e. The molecule has 0 unspecified atom stereocenters. The molecule has 1 aliphatic heterocycles. The van der Waals surface area contributed by atoms with Gasteiger partial charge in [0, 0.05) is 50.3 Å². The number of benzene rings is 1. The van der Waals surface area contributed by atoms with Gasteiger partial charge in [-0.15, -0.1) is 0 Å². The van der Waals surface area contributed by atoms with E-state index < -0.39 is 5.60 Å². The lowest BCUT2D eigenvalue weighted by molar-refractivity contribution is -0.142. The number of nitrogens with zero attached hydrogens (tertiary/aromatic N) is 3. The van der Waals surface area contributed by atoms with Crippen molar-refractivity contribution in [2.45, 2.75) is 52.2 Å². The molecule has 1 amide bonds. The van der Waals surface area contributed by atoms with Gasteiger partial charge in [0.25, 0.3) is 5.91 Å². The first-order valence-corrected chi connectivity index (χ1v) is 11.8. The van der Waals surface area contributed by atoms with Crippen LogP contribution in [0.4, 0.5) is 5.82 Å². The number of pyridine rings is 1. The summed E-state index contributed by atoms with van der Waals surface area (Å²) in [5.41, 5.74) is 3.65. The van der Waals surface area contributed by atoms with Gasteiger partial charge in [-0.05, 0) is 62.2 Å². The van der Waals surface area contributed by atoms with Crippen LogP contribution in [0.25, 0.3) is 0 Å². The molecule has 0 radical (unpaired) electrons. The van der Waals surface area contributed by atoms with Gasteiger partial charge in [0.1, 0.15) is 17.2 Å². The molecule has 0 bridgehead atoms. The quantitative estimate of drug-likeness (QED) is 0.474. The first kappa shape index (κ1) is 23.8. The normalized spacial score (nSPS) is 15.2. The summed E-state index contributed by atoms with van der Waals surface area (Å²) < 4.78 is 5.45. The van der Waals surface area contributed by atoms with Gasteiger partial charge < -0.3 is 20.1 Å². The molecule has 0 atom stereocenters. The summed E-state index contributed by atoms with van der Waals surface area (Å²) in [6.45, 7) is 8.08. The van der Waals surface area contributed by atoms with Crippen molar-refractivity contribution in [1.29, 1.82) is 0 Å². The smallest absolute Gasteiger partial charge is 0.252 e. The molecule has 0 aliphatic carbocycles. The number of H-pyrrole nitrogens is 1. The van der Waals surface area contributed by atoms with E-state index in [-0.39, 0.29) is 5.91 Å². The van der Waals surface area contributed by atoms with Gasteiger partial charge in [-0.25, -0.2) is 4.98 Å². The lowest BCUT2D eigenvalue weighted by Crippen LogP contribution is -2.53. The van der Waals surface area contributed by atoms with Crippen LogP contribution in [0.2, 0.25) is 0 Å². The Morgan fingerprint density at radius 1 is 1.15 bits per heavy atom. The van der Waals surface area contributed by atoms with Crippen LogP contribution < -0.4 is 15.0 Å². The third-order valence-electron chi connectivity index (χ3n) is 6.16. The number of hydrogen-bond donors (Lipinski definition) is 3. The zero-order valence-corrected chi connectivity index (χ0v) is 20.1. The fraction of sp³-hybridized carbons (Fsp3) is 0.423. The molecular formula is C26H33N5O3. The predicted octanol–water partition coefficient (Wildman–Crippen LogP) is 3.06. The van der Waals surface area contributed by atoms with Gasteiger partial charge in [0.2, 0.25) is 0 Å². The van der Waals surface area contributed by atoms with Crippen molar-refractivity contribution in [2.24, 2.45) is 0 Å². The molecule has 1 aliphatic rings. The summed E-state index contributed by atoms with van der Waals surface area (Å²) in [4.78, 5) is 19.8. The van der Waals surface area contributed by atoms with Crippen molar-refractivity contribution >= 4 is 11.7 Å². The highest BCUT2D eigenvalue weighted by Gasteiger charge is 2.39. The Morgan fingerprint density at radius 2 is 1.88 bits per heavy atom. The number of aryl methyl sites for hydroxylation is 2. The van der Waals surface area contributed by atoms with Gasteiger partial charge >= 0.3 is 0 Å². The number of rotatable bonds is 8. The maximum Gasteiger partial charge on any atom is 0.252 e. The minimum atomic E-state index is -1.37. The molecule has 34 heavy (non-hydrogen) atoms. The lowest BCUT2D eigenvalue weighted by Gasteiger charge is -2.37. The van der Waals surface area contributed by atoms with E-state index in [0.29, 0.717) is 45.5 Å². The number of amides is 1. The molecular weight excluding hydrogens is 430 g/mol. The molecule has 1 fully saturated rings. The third-order valence-corrected chi connectivity index (χ3v) is 6.16. The molecule has 8 nitrogen and oxygen atoms in total. The van der Waals surface area contributed by atoms with Crippen LogP contribution >= 0.6 is 0 Å². The number of ether oxygens (including phenoxy) is 1. The Kier molecular flexibility index (Phi) is 7.17. The highest BCUT2D eigenvalue weighted by atomic mass is 16.5. The van der Waals surface area contributed by atoms with Crippen molar-refractivity contribution < 1.29 is 14.6 Å². The second-order valence-corrected chi connectivity index (χ2v) is 8.99. The summed E-state index contributed by atoms with van der Waals surface area (Å²) >= 11 is 0. The Bertz CT molecular complexity index is 1120.